The molecule has 0 saturated heterocycles. The van der Waals surface area contributed by atoms with Gasteiger partial charge in [0.2, 0.25) is 11.8 Å². The highest BCUT2D eigenvalue weighted by Gasteiger charge is 2.51. The summed E-state index contributed by atoms with van der Waals surface area (Å²) in [6, 6.07) is 9.63. The van der Waals surface area contributed by atoms with E-state index in [2.05, 4.69) is 5.32 Å². The lowest BCUT2D eigenvalue weighted by atomic mass is 9.77. The topological polar surface area (TPSA) is 144 Å². The Balaban J connectivity index is 1.77. The van der Waals surface area contributed by atoms with Crippen molar-refractivity contribution >= 4 is 18.1 Å². The molecule has 2 aromatic carbocycles. The molecule has 0 unspecified atom stereocenters. The third-order valence-corrected chi connectivity index (χ3v) is 7.34. The maximum Gasteiger partial charge on any atom is 0.249 e. The van der Waals surface area contributed by atoms with E-state index in [4.69, 9.17) is 18.9 Å². The van der Waals surface area contributed by atoms with Crippen LogP contribution in [0.15, 0.2) is 48.0 Å². The summed E-state index contributed by atoms with van der Waals surface area (Å²) in [4.78, 5) is 40.0. The maximum atomic E-state index is 13.5. The molecule has 220 valence electrons. The Hall–Kier alpha value is -3.93. The van der Waals surface area contributed by atoms with Crippen molar-refractivity contribution < 1.29 is 43.5 Å². The van der Waals surface area contributed by atoms with Gasteiger partial charge in [0.05, 0.1) is 32.8 Å². The van der Waals surface area contributed by atoms with Gasteiger partial charge in [0.15, 0.2) is 11.5 Å². The van der Waals surface area contributed by atoms with Crippen molar-refractivity contribution in [3.63, 3.8) is 0 Å². The van der Waals surface area contributed by atoms with Crippen molar-refractivity contribution in [1.29, 1.82) is 0 Å². The van der Waals surface area contributed by atoms with Crippen LogP contribution in [0.5, 0.6) is 17.2 Å². The molecule has 4 atom stereocenters. The van der Waals surface area contributed by atoms with Crippen molar-refractivity contribution in [2.24, 2.45) is 0 Å². The van der Waals surface area contributed by atoms with Crippen LogP contribution in [0.4, 0.5) is 0 Å². The summed E-state index contributed by atoms with van der Waals surface area (Å²) in [5.74, 6) is -0.331. The Kier molecular flexibility index (Phi) is 9.98. The summed E-state index contributed by atoms with van der Waals surface area (Å²) in [5, 5.41) is 23.7. The number of ether oxygens (including phenoxy) is 4. The first-order valence-electron chi connectivity index (χ1n) is 13.5. The number of nitrogens with one attached hydrogen (secondary N) is 1. The standard InChI is InChI=1S/C30H36N2O9/c1-4-40-17-25(35)32(11-9-19-7-5-6-8-23(19)38-2)22-15-21(30(37)31-10-12-33)26-20-13-18(16-34)14-24(39-3)28(20)41-29(26)27(22)36/h5-8,13-16,22,26-27,29,33,36H,4,9-12,17H2,1-3H3,(H,31,37)/t22-,26+,27+,29+/m1/s1. The molecule has 0 fully saturated rings. The second kappa shape index (κ2) is 13.6. The number of rotatable bonds is 13. The molecule has 11 heteroatoms. The van der Waals surface area contributed by atoms with Crippen LogP contribution in [-0.2, 0) is 20.7 Å². The molecule has 2 aliphatic rings. The largest absolute Gasteiger partial charge is 0.496 e. The first-order valence-corrected chi connectivity index (χ1v) is 13.5. The van der Waals surface area contributed by atoms with E-state index in [0.29, 0.717) is 47.7 Å². The van der Waals surface area contributed by atoms with Crippen LogP contribution in [-0.4, -0.2) is 98.6 Å². The molecule has 41 heavy (non-hydrogen) atoms. The number of fused-ring (bicyclic) bond motifs is 3. The minimum absolute atomic E-state index is 0.00692. The van der Waals surface area contributed by atoms with Crippen molar-refractivity contribution in [3.8, 4) is 17.2 Å². The van der Waals surface area contributed by atoms with Gasteiger partial charge in [-0.3, -0.25) is 14.4 Å². The van der Waals surface area contributed by atoms with Gasteiger partial charge in [-0.05, 0) is 43.2 Å². The number of aliphatic hydroxyl groups is 2. The van der Waals surface area contributed by atoms with Crippen LogP contribution >= 0.6 is 0 Å². The van der Waals surface area contributed by atoms with E-state index in [1.54, 1.807) is 26.2 Å². The van der Waals surface area contributed by atoms with Crippen LogP contribution in [0.1, 0.15) is 34.3 Å². The van der Waals surface area contributed by atoms with E-state index in [0.717, 1.165) is 5.56 Å². The molecule has 2 amide bonds. The number of methoxy groups -OCH3 is 2. The van der Waals surface area contributed by atoms with E-state index in [1.807, 2.05) is 24.3 Å². The fraction of sp³-hybridized carbons (Fsp3) is 0.433. The molecule has 3 N–H and O–H groups in total. The van der Waals surface area contributed by atoms with Gasteiger partial charge < -0.3 is 39.4 Å². The van der Waals surface area contributed by atoms with Gasteiger partial charge in [0.25, 0.3) is 0 Å². The molecule has 0 radical (unpaired) electrons. The third-order valence-electron chi connectivity index (χ3n) is 7.34. The molecule has 1 heterocycles. The monoisotopic (exact) mass is 568 g/mol. The van der Waals surface area contributed by atoms with Crippen molar-refractivity contribution in [2.75, 3.05) is 47.1 Å². The molecule has 0 saturated carbocycles. The molecule has 2 aromatic rings. The summed E-state index contributed by atoms with van der Waals surface area (Å²) in [6.45, 7) is 1.82. The zero-order chi connectivity index (χ0) is 29.5. The summed E-state index contributed by atoms with van der Waals surface area (Å²) in [6.07, 6.45) is 0.452. The summed E-state index contributed by atoms with van der Waals surface area (Å²) in [7, 11) is 3.01. The van der Waals surface area contributed by atoms with Gasteiger partial charge in [-0.1, -0.05) is 18.2 Å². The lowest BCUT2D eigenvalue weighted by Gasteiger charge is -2.40. The highest BCUT2D eigenvalue weighted by Crippen LogP contribution is 2.51. The van der Waals surface area contributed by atoms with E-state index < -0.39 is 30.1 Å². The minimum Gasteiger partial charge on any atom is -0.496 e. The molecule has 1 aliphatic heterocycles. The molecule has 1 aliphatic carbocycles. The van der Waals surface area contributed by atoms with E-state index in [-0.39, 0.29) is 37.8 Å². The predicted octanol–water partition coefficient (Wildman–Crippen LogP) is 1.25. The van der Waals surface area contributed by atoms with Gasteiger partial charge in [0.1, 0.15) is 30.9 Å². The summed E-state index contributed by atoms with van der Waals surface area (Å²) in [5.41, 5.74) is 1.95. The van der Waals surface area contributed by atoms with Crippen LogP contribution < -0.4 is 19.5 Å². The van der Waals surface area contributed by atoms with E-state index in [9.17, 15) is 24.6 Å². The summed E-state index contributed by atoms with van der Waals surface area (Å²) >= 11 is 0. The van der Waals surface area contributed by atoms with Crippen molar-refractivity contribution in [1.82, 2.24) is 10.2 Å². The van der Waals surface area contributed by atoms with Gasteiger partial charge in [-0.25, -0.2) is 0 Å². The second-order valence-corrected chi connectivity index (χ2v) is 9.69. The normalized spacial score (nSPS) is 20.7. The van der Waals surface area contributed by atoms with Gasteiger partial charge in [0, 0.05) is 36.4 Å². The quantitative estimate of drug-likeness (QED) is 0.304. The average molecular weight is 569 g/mol. The number of aliphatic hydroxyl groups excluding tert-OH is 2. The Bertz CT molecular complexity index is 1290. The number of carbonyl (C=O) groups excluding carboxylic acids is 3. The molecular formula is C30H36N2O9. The number of hydrogen-bond acceptors (Lipinski definition) is 9. The SMILES string of the molecule is CCOCC(=O)N(CCc1ccccc1OC)[C@@H]1C=C(C(=O)NCCO)[C@@H]2c3cc(C=O)cc(OC)c3O[C@@H]2[C@H]1O. The number of para-hydroxylation sites is 1. The van der Waals surface area contributed by atoms with Crippen LogP contribution in [0.25, 0.3) is 0 Å². The molecular weight excluding hydrogens is 532 g/mol. The highest BCUT2D eigenvalue weighted by atomic mass is 16.5. The number of hydrogen-bond donors (Lipinski definition) is 3. The lowest BCUT2D eigenvalue weighted by molar-refractivity contribution is -0.141. The van der Waals surface area contributed by atoms with Crippen LogP contribution in [0.3, 0.4) is 0 Å². The number of nitrogens with zero attached hydrogens (tertiary/aromatic N) is 1. The second-order valence-electron chi connectivity index (χ2n) is 9.69. The van der Waals surface area contributed by atoms with Crippen LogP contribution in [0.2, 0.25) is 0 Å². The van der Waals surface area contributed by atoms with Crippen molar-refractivity contribution in [2.45, 2.75) is 37.5 Å². The Morgan fingerprint density at radius 2 is 1.90 bits per heavy atom. The van der Waals surface area contributed by atoms with Gasteiger partial charge in [-0.15, -0.1) is 0 Å². The molecule has 11 nitrogen and oxygen atoms in total. The Labute approximate surface area is 238 Å². The number of amides is 2. The first-order chi connectivity index (χ1) is 19.9. The number of carbonyl (C=O) groups is 3. The molecule has 4 rings (SSSR count). The lowest BCUT2D eigenvalue weighted by Crippen LogP contribution is -2.56. The predicted molar refractivity (Wildman–Crippen MR) is 148 cm³/mol. The fourth-order valence-electron chi connectivity index (χ4n) is 5.42. The first kappa shape index (κ1) is 30.0. The van der Waals surface area contributed by atoms with Crippen molar-refractivity contribution in [3.05, 3.63) is 64.7 Å². The average Bonchev–Trinajstić information content (AvgIpc) is 3.39. The molecule has 0 aromatic heterocycles. The zero-order valence-corrected chi connectivity index (χ0v) is 23.4. The van der Waals surface area contributed by atoms with Gasteiger partial charge >= 0.3 is 0 Å². The minimum atomic E-state index is -1.24. The molecule has 0 spiro atoms. The van der Waals surface area contributed by atoms with Crippen LogP contribution in [0, 0.1) is 0 Å². The zero-order valence-electron chi connectivity index (χ0n) is 23.4. The highest BCUT2D eigenvalue weighted by molar-refractivity contribution is 5.96. The Morgan fingerprint density at radius 3 is 2.59 bits per heavy atom. The maximum absolute atomic E-state index is 13.5. The van der Waals surface area contributed by atoms with Gasteiger partial charge in [-0.2, -0.15) is 0 Å². The number of aldehydes is 1. The fourth-order valence-corrected chi connectivity index (χ4v) is 5.42. The van der Waals surface area contributed by atoms with E-state index >= 15 is 0 Å². The van der Waals surface area contributed by atoms with E-state index in [1.165, 1.54) is 18.1 Å². The summed E-state index contributed by atoms with van der Waals surface area (Å²) < 4.78 is 22.6. The number of benzene rings is 2. The third kappa shape index (κ3) is 6.22. The Morgan fingerprint density at radius 1 is 1.15 bits per heavy atom. The smallest absolute Gasteiger partial charge is 0.249 e. The molecule has 0 bridgehead atoms.